The summed E-state index contributed by atoms with van der Waals surface area (Å²) in [6.07, 6.45) is 8.19. The number of guanidine groups is 1. The lowest BCUT2D eigenvalue weighted by Gasteiger charge is -2.33. The lowest BCUT2D eigenvalue weighted by atomic mass is 9.96. The van der Waals surface area contributed by atoms with Crippen LogP contribution in [0.5, 0.6) is 0 Å². The van der Waals surface area contributed by atoms with Gasteiger partial charge in [0.1, 0.15) is 0 Å². The summed E-state index contributed by atoms with van der Waals surface area (Å²) in [6, 6.07) is 0.748. The fourth-order valence-corrected chi connectivity index (χ4v) is 4.06. The van der Waals surface area contributed by atoms with Crippen LogP contribution in [0.3, 0.4) is 0 Å². The third-order valence-electron chi connectivity index (χ3n) is 5.41. The van der Waals surface area contributed by atoms with Crippen molar-refractivity contribution in [2.75, 3.05) is 20.1 Å². The van der Waals surface area contributed by atoms with Crippen molar-refractivity contribution >= 4 is 11.9 Å². The van der Waals surface area contributed by atoms with E-state index in [1.165, 1.54) is 12.8 Å². The number of aliphatic imine (C=N–C) groups is 1. The Morgan fingerprint density at radius 1 is 1.30 bits per heavy atom. The Morgan fingerprint density at radius 2 is 2.17 bits per heavy atom. The molecule has 130 valence electrons. The molecule has 3 aliphatic heterocycles. The Morgan fingerprint density at radius 3 is 2.83 bits per heavy atom. The number of nitrogens with one attached hydrogen (secondary N) is 2. The van der Waals surface area contributed by atoms with Crippen molar-refractivity contribution in [3.63, 3.8) is 0 Å². The summed E-state index contributed by atoms with van der Waals surface area (Å²) in [7, 11) is 1.78. The van der Waals surface area contributed by atoms with E-state index in [-0.39, 0.29) is 5.91 Å². The van der Waals surface area contributed by atoms with Gasteiger partial charge in [-0.15, -0.1) is 0 Å². The van der Waals surface area contributed by atoms with Crippen molar-refractivity contribution in [2.24, 2.45) is 4.99 Å². The molecule has 3 rings (SSSR count). The Balaban J connectivity index is 1.39. The molecule has 2 bridgehead atoms. The van der Waals surface area contributed by atoms with Gasteiger partial charge in [0, 0.05) is 32.6 Å². The zero-order chi connectivity index (χ0) is 16.2. The fraction of sp³-hybridized carbons (Fsp3) is 0.882. The summed E-state index contributed by atoms with van der Waals surface area (Å²) in [5.41, 5.74) is 0. The van der Waals surface area contributed by atoms with Crippen LogP contribution in [-0.2, 0) is 9.53 Å². The molecule has 0 aromatic heterocycles. The van der Waals surface area contributed by atoms with Crippen LogP contribution in [0.15, 0.2) is 4.99 Å². The molecule has 0 aliphatic carbocycles. The molecule has 2 N–H and O–H groups in total. The van der Waals surface area contributed by atoms with E-state index in [0.717, 1.165) is 38.2 Å². The minimum atomic E-state index is 0.253. The zero-order valence-corrected chi connectivity index (χ0v) is 14.4. The highest BCUT2D eigenvalue weighted by molar-refractivity contribution is 5.81. The number of piperidine rings is 1. The minimum Gasteiger partial charge on any atom is -0.373 e. The van der Waals surface area contributed by atoms with Crippen molar-refractivity contribution in [3.8, 4) is 0 Å². The number of carbonyl (C=O) groups is 1. The molecular formula is C17H30N4O2. The smallest absolute Gasteiger partial charge is 0.224 e. The van der Waals surface area contributed by atoms with E-state index in [0.29, 0.717) is 37.3 Å². The SMILES string of the molecule is CN=C(NCCC(=O)N1CCCCC1C)NC1CC2CCC1O2. The third-order valence-corrected chi connectivity index (χ3v) is 5.41. The van der Waals surface area contributed by atoms with Crippen molar-refractivity contribution in [2.45, 2.75) is 76.2 Å². The number of hydrogen-bond donors (Lipinski definition) is 2. The Labute approximate surface area is 139 Å². The van der Waals surface area contributed by atoms with Crippen LogP contribution < -0.4 is 10.6 Å². The molecule has 3 fully saturated rings. The molecule has 6 nitrogen and oxygen atoms in total. The second kappa shape index (κ2) is 7.51. The molecule has 0 aromatic rings. The van der Waals surface area contributed by atoms with Gasteiger partial charge in [0.05, 0.1) is 18.2 Å². The first-order chi connectivity index (χ1) is 11.2. The van der Waals surface area contributed by atoms with Gasteiger partial charge in [-0.3, -0.25) is 9.79 Å². The van der Waals surface area contributed by atoms with Crippen molar-refractivity contribution in [3.05, 3.63) is 0 Å². The van der Waals surface area contributed by atoms with E-state index in [1.807, 2.05) is 4.90 Å². The second-order valence-corrected chi connectivity index (χ2v) is 7.04. The molecule has 3 saturated heterocycles. The normalized spacial score (nSPS) is 33.8. The van der Waals surface area contributed by atoms with E-state index >= 15 is 0 Å². The monoisotopic (exact) mass is 322 g/mol. The molecule has 0 aromatic carbocycles. The molecule has 0 spiro atoms. The van der Waals surface area contributed by atoms with Crippen LogP contribution in [0.4, 0.5) is 0 Å². The Kier molecular flexibility index (Phi) is 5.41. The van der Waals surface area contributed by atoms with Crippen molar-refractivity contribution < 1.29 is 9.53 Å². The molecule has 6 heteroatoms. The molecule has 23 heavy (non-hydrogen) atoms. The number of amides is 1. The van der Waals surface area contributed by atoms with E-state index in [9.17, 15) is 4.79 Å². The summed E-state index contributed by atoms with van der Waals surface area (Å²) < 4.78 is 5.86. The lowest BCUT2D eigenvalue weighted by Crippen LogP contribution is -2.48. The van der Waals surface area contributed by atoms with Crippen LogP contribution in [0.25, 0.3) is 0 Å². The molecule has 1 amide bonds. The number of rotatable bonds is 4. The van der Waals surface area contributed by atoms with Gasteiger partial charge in [0.2, 0.25) is 5.91 Å². The molecule has 0 radical (unpaired) electrons. The quantitative estimate of drug-likeness (QED) is 0.604. The van der Waals surface area contributed by atoms with Gasteiger partial charge in [-0.25, -0.2) is 0 Å². The predicted molar refractivity (Wildman–Crippen MR) is 90.4 cm³/mol. The molecule has 4 atom stereocenters. The maximum Gasteiger partial charge on any atom is 0.224 e. The highest BCUT2D eigenvalue weighted by Gasteiger charge is 2.41. The van der Waals surface area contributed by atoms with Gasteiger partial charge in [-0.1, -0.05) is 0 Å². The second-order valence-electron chi connectivity index (χ2n) is 7.04. The van der Waals surface area contributed by atoms with Crippen LogP contribution >= 0.6 is 0 Å². The summed E-state index contributed by atoms with van der Waals surface area (Å²) in [5.74, 6) is 1.04. The van der Waals surface area contributed by atoms with Crippen LogP contribution in [-0.4, -0.2) is 61.2 Å². The topological polar surface area (TPSA) is 66.0 Å². The van der Waals surface area contributed by atoms with Gasteiger partial charge in [-0.05, 0) is 45.4 Å². The number of nitrogens with zero attached hydrogens (tertiary/aromatic N) is 2. The summed E-state index contributed by atoms with van der Waals surface area (Å²) in [6.45, 7) is 3.69. The van der Waals surface area contributed by atoms with Gasteiger partial charge < -0.3 is 20.3 Å². The molecule has 3 aliphatic rings. The Bertz CT molecular complexity index is 454. The van der Waals surface area contributed by atoms with E-state index < -0.39 is 0 Å². The van der Waals surface area contributed by atoms with Crippen molar-refractivity contribution in [1.29, 1.82) is 0 Å². The van der Waals surface area contributed by atoms with Gasteiger partial charge in [0.15, 0.2) is 5.96 Å². The maximum atomic E-state index is 12.3. The minimum absolute atomic E-state index is 0.253. The average Bonchev–Trinajstić information content (AvgIpc) is 3.17. The molecule has 4 unspecified atom stereocenters. The highest BCUT2D eigenvalue weighted by atomic mass is 16.5. The average molecular weight is 322 g/mol. The summed E-state index contributed by atoms with van der Waals surface area (Å²) >= 11 is 0. The largest absolute Gasteiger partial charge is 0.373 e. The van der Waals surface area contributed by atoms with Gasteiger partial charge in [0.25, 0.3) is 0 Å². The van der Waals surface area contributed by atoms with Crippen LogP contribution in [0.2, 0.25) is 0 Å². The first-order valence-electron chi connectivity index (χ1n) is 9.09. The number of fused-ring (bicyclic) bond motifs is 2. The number of likely N-dealkylation sites (tertiary alicyclic amines) is 1. The number of hydrogen-bond acceptors (Lipinski definition) is 3. The molecule has 3 heterocycles. The fourth-order valence-electron chi connectivity index (χ4n) is 4.06. The number of ether oxygens (including phenoxy) is 1. The Hall–Kier alpha value is -1.30. The van der Waals surface area contributed by atoms with E-state index in [4.69, 9.17) is 4.74 Å². The molecular weight excluding hydrogens is 292 g/mol. The van der Waals surface area contributed by atoms with Gasteiger partial charge in [-0.2, -0.15) is 0 Å². The summed E-state index contributed by atoms with van der Waals surface area (Å²) in [5, 5.41) is 6.72. The van der Waals surface area contributed by atoms with Gasteiger partial charge >= 0.3 is 0 Å². The van der Waals surface area contributed by atoms with Crippen LogP contribution in [0.1, 0.15) is 51.9 Å². The lowest BCUT2D eigenvalue weighted by molar-refractivity contribution is -0.134. The predicted octanol–water partition coefficient (Wildman–Crippen LogP) is 1.26. The summed E-state index contributed by atoms with van der Waals surface area (Å²) in [4.78, 5) is 18.6. The highest BCUT2D eigenvalue weighted by Crippen LogP contribution is 2.34. The molecule has 0 saturated carbocycles. The third kappa shape index (κ3) is 3.97. The number of carbonyl (C=O) groups excluding carboxylic acids is 1. The van der Waals surface area contributed by atoms with E-state index in [2.05, 4.69) is 22.5 Å². The maximum absolute atomic E-state index is 12.3. The van der Waals surface area contributed by atoms with Crippen LogP contribution in [0, 0.1) is 0 Å². The first kappa shape index (κ1) is 16.6. The van der Waals surface area contributed by atoms with Crippen molar-refractivity contribution in [1.82, 2.24) is 15.5 Å². The standard InChI is InChI=1S/C17H30N4O2/c1-12-5-3-4-10-21(12)16(22)8-9-19-17(18-2)20-14-11-13-6-7-15(14)23-13/h12-15H,3-11H2,1-2H3,(H2,18,19,20). The zero-order valence-electron chi connectivity index (χ0n) is 14.4. The van der Waals surface area contributed by atoms with E-state index in [1.54, 1.807) is 7.05 Å². The first-order valence-corrected chi connectivity index (χ1v) is 9.09.